The van der Waals surface area contributed by atoms with Crippen molar-refractivity contribution in [3.8, 4) is 5.88 Å². The summed E-state index contributed by atoms with van der Waals surface area (Å²) in [5.74, 6) is -2.26. The van der Waals surface area contributed by atoms with Gasteiger partial charge < -0.3 is 19.5 Å². The number of nitrogens with zero attached hydrogens (tertiary/aromatic N) is 4. The lowest BCUT2D eigenvalue weighted by molar-refractivity contribution is -0.192. The van der Waals surface area contributed by atoms with E-state index in [1.807, 2.05) is 23.1 Å². The molecule has 9 nitrogen and oxygen atoms in total. The molecule has 2 fully saturated rings. The van der Waals surface area contributed by atoms with Crippen LogP contribution in [-0.4, -0.2) is 74.6 Å². The number of carbonyl (C=O) groups excluding carboxylic acids is 1. The molecule has 2 saturated heterocycles. The van der Waals surface area contributed by atoms with Gasteiger partial charge in [0.1, 0.15) is 12.2 Å². The van der Waals surface area contributed by atoms with Gasteiger partial charge in [0.05, 0.1) is 30.5 Å². The third kappa shape index (κ3) is 5.66. The number of halogens is 3. The third-order valence-electron chi connectivity index (χ3n) is 4.72. The van der Waals surface area contributed by atoms with Crippen LogP contribution < -0.4 is 4.74 Å². The number of pyridine rings is 1. The van der Waals surface area contributed by atoms with Crippen molar-refractivity contribution in [1.82, 2.24) is 20.1 Å². The normalized spacial score (nSPS) is 22.7. The minimum atomic E-state index is -5.08. The Morgan fingerprint density at radius 3 is 2.58 bits per heavy atom. The molecule has 0 bridgehead atoms. The molecule has 2 aliphatic heterocycles. The number of amides is 1. The smallest absolute Gasteiger partial charge is 0.475 e. The molecule has 2 aromatic rings. The van der Waals surface area contributed by atoms with E-state index < -0.39 is 12.1 Å². The van der Waals surface area contributed by atoms with Crippen LogP contribution in [0.2, 0.25) is 0 Å². The van der Waals surface area contributed by atoms with Gasteiger partial charge in [-0.1, -0.05) is 6.07 Å². The van der Waals surface area contributed by atoms with Crippen molar-refractivity contribution in [1.29, 1.82) is 0 Å². The van der Waals surface area contributed by atoms with Gasteiger partial charge in [-0.15, -0.1) is 0 Å². The first kappa shape index (κ1) is 22.4. The summed E-state index contributed by atoms with van der Waals surface area (Å²) < 4.78 is 43.7. The van der Waals surface area contributed by atoms with Crippen LogP contribution in [-0.2, 0) is 9.53 Å². The van der Waals surface area contributed by atoms with Crippen molar-refractivity contribution in [2.24, 2.45) is 0 Å². The fourth-order valence-corrected chi connectivity index (χ4v) is 3.40. The zero-order valence-corrected chi connectivity index (χ0v) is 16.1. The quantitative estimate of drug-likeness (QED) is 0.770. The zero-order valence-electron chi connectivity index (χ0n) is 16.1. The Labute approximate surface area is 174 Å². The number of rotatable bonds is 3. The Hall–Kier alpha value is -3.28. The number of alkyl halides is 3. The average molecular weight is 440 g/mol. The summed E-state index contributed by atoms with van der Waals surface area (Å²) in [4.78, 5) is 27.8. The standard InChI is InChI=1S/C17H18N4O3.C2HF3O2/c22-17(12-6-8-19-20-10-12)21-11-14(16-13(21)4-3-9-23-16)24-15-5-1-2-7-18-15;3-2(4,5)1(6)7/h1-2,5-8,10,13-14,16H,3-4,9,11H2;(H,6,7)/t13-,14+,16+;/m1./s1. The van der Waals surface area contributed by atoms with Gasteiger partial charge >= 0.3 is 12.1 Å². The van der Waals surface area contributed by atoms with Crippen molar-refractivity contribution < 1.29 is 37.3 Å². The molecule has 4 rings (SSSR count). The number of hydrogen-bond donors (Lipinski definition) is 1. The van der Waals surface area contributed by atoms with Crippen LogP contribution in [0.4, 0.5) is 13.2 Å². The number of hydrogen-bond acceptors (Lipinski definition) is 7. The van der Waals surface area contributed by atoms with Crippen molar-refractivity contribution in [2.45, 2.75) is 37.3 Å². The van der Waals surface area contributed by atoms with Crippen LogP contribution in [0.5, 0.6) is 5.88 Å². The Balaban J connectivity index is 0.000000339. The molecule has 0 aromatic carbocycles. The lowest BCUT2D eigenvalue weighted by Crippen LogP contribution is -2.44. The monoisotopic (exact) mass is 440 g/mol. The van der Waals surface area contributed by atoms with E-state index >= 15 is 0 Å². The van der Waals surface area contributed by atoms with Gasteiger partial charge in [0.25, 0.3) is 5.91 Å². The Morgan fingerprint density at radius 2 is 1.97 bits per heavy atom. The van der Waals surface area contributed by atoms with E-state index in [-0.39, 0.29) is 24.2 Å². The fourth-order valence-electron chi connectivity index (χ4n) is 3.40. The lowest BCUT2D eigenvalue weighted by Gasteiger charge is -2.31. The first-order valence-corrected chi connectivity index (χ1v) is 9.34. The predicted octanol–water partition coefficient (Wildman–Crippen LogP) is 1.96. The number of carbonyl (C=O) groups is 2. The minimum absolute atomic E-state index is 0.0214. The highest BCUT2D eigenvalue weighted by molar-refractivity contribution is 5.94. The van der Waals surface area contributed by atoms with Crippen LogP contribution in [0, 0.1) is 0 Å². The summed E-state index contributed by atoms with van der Waals surface area (Å²) in [6, 6.07) is 7.24. The summed E-state index contributed by atoms with van der Waals surface area (Å²) in [5, 5.41) is 14.7. The van der Waals surface area contributed by atoms with Crippen LogP contribution in [0.25, 0.3) is 0 Å². The topological polar surface area (TPSA) is 115 Å². The van der Waals surface area contributed by atoms with Crippen LogP contribution >= 0.6 is 0 Å². The number of carboxylic acid groups (broad SMARTS) is 1. The zero-order chi connectivity index (χ0) is 22.4. The van der Waals surface area contributed by atoms with Gasteiger partial charge in [-0.25, -0.2) is 9.78 Å². The van der Waals surface area contributed by atoms with Crippen molar-refractivity contribution >= 4 is 11.9 Å². The maximum absolute atomic E-state index is 12.8. The number of ether oxygens (including phenoxy) is 2. The molecule has 2 aliphatic rings. The van der Waals surface area contributed by atoms with E-state index in [4.69, 9.17) is 19.4 Å². The SMILES string of the molecule is O=C(O)C(F)(F)F.O=C(c1ccnnc1)N1C[C@H](Oc2ccccn2)[C@H]2OCCC[C@H]21. The van der Waals surface area contributed by atoms with Crippen LogP contribution in [0.1, 0.15) is 23.2 Å². The van der Waals surface area contributed by atoms with Gasteiger partial charge in [0, 0.05) is 18.9 Å². The number of carboxylic acids is 1. The van der Waals surface area contributed by atoms with Gasteiger partial charge in [-0.3, -0.25) is 4.79 Å². The molecule has 1 amide bonds. The van der Waals surface area contributed by atoms with E-state index in [1.54, 1.807) is 12.3 Å². The molecule has 4 heterocycles. The van der Waals surface area contributed by atoms with E-state index in [9.17, 15) is 18.0 Å². The fraction of sp³-hybridized carbons (Fsp3) is 0.421. The molecule has 0 radical (unpaired) electrons. The van der Waals surface area contributed by atoms with Crippen molar-refractivity contribution in [3.63, 3.8) is 0 Å². The van der Waals surface area contributed by atoms with Gasteiger partial charge in [0.2, 0.25) is 5.88 Å². The Bertz CT molecular complexity index is 885. The maximum Gasteiger partial charge on any atom is 0.490 e. The highest BCUT2D eigenvalue weighted by Crippen LogP contribution is 2.32. The molecule has 0 aliphatic carbocycles. The second-order valence-electron chi connectivity index (χ2n) is 6.76. The maximum atomic E-state index is 12.8. The highest BCUT2D eigenvalue weighted by Gasteiger charge is 2.47. The molecule has 1 N–H and O–H groups in total. The summed E-state index contributed by atoms with van der Waals surface area (Å²) in [6.45, 7) is 1.18. The molecule has 0 saturated carbocycles. The Kier molecular flexibility index (Phi) is 7.00. The number of aromatic nitrogens is 3. The van der Waals surface area contributed by atoms with Gasteiger partial charge in [-0.05, 0) is 25.0 Å². The van der Waals surface area contributed by atoms with Gasteiger partial charge in [-0.2, -0.15) is 23.4 Å². The largest absolute Gasteiger partial charge is 0.490 e. The molecule has 0 spiro atoms. The molecule has 31 heavy (non-hydrogen) atoms. The first-order chi connectivity index (χ1) is 14.8. The van der Waals surface area contributed by atoms with Gasteiger partial charge in [0.15, 0.2) is 0 Å². The van der Waals surface area contributed by atoms with Crippen LogP contribution in [0.15, 0.2) is 42.9 Å². The van der Waals surface area contributed by atoms with Crippen molar-refractivity contribution in [2.75, 3.05) is 13.2 Å². The minimum Gasteiger partial charge on any atom is -0.475 e. The van der Waals surface area contributed by atoms with E-state index in [1.165, 1.54) is 12.4 Å². The van der Waals surface area contributed by atoms with Crippen molar-refractivity contribution in [3.05, 3.63) is 48.4 Å². The molecular formula is C19H19F3N4O5. The van der Waals surface area contributed by atoms with E-state index in [0.29, 0.717) is 24.6 Å². The van der Waals surface area contributed by atoms with E-state index in [0.717, 1.165) is 12.8 Å². The predicted molar refractivity (Wildman–Crippen MR) is 98.2 cm³/mol. The second-order valence-corrected chi connectivity index (χ2v) is 6.76. The summed E-state index contributed by atoms with van der Waals surface area (Å²) >= 11 is 0. The van der Waals surface area contributed by atoms with Crippen LogP contribution in [0.3, 0.4) is 0 Å². The second kappa shape index (κ2) is 9.69. The number of fused-ring (bicyclic) bond motifs is 1. The summed E-state index contributed by atoms with van der Waals surface area (Å²) in [7, 11) is 0. The molecular weight excluding hydrogens is 421 g/mol. The summed E-state index contributed by atoms with van der Waals surface area (Å²) in [5.41, 5.74) is 0.535. The average Bonchev–Trinajstić information content (AvgIpc) is 3.13. The first-order valence-electron chi connectivity index (χ1n) is 9.34. The molecule has 166 valence electrons. The Morgan fingerprint density at radius 1 is 1.19 bits per heavy atom. The molecule has 3 atom stereocenters. The molecule has 2 aromatic heterocycles. The lowest BCUT2D eigenvalue weighted by atomic mass is 10.0. The molecule has 12 heteroatoms. The number of aliphatic carboxylic acids is 1. The highest BCUT2D eigenvalue weighted by atomic mass is 19.4. The third-order valence-corrected chi connectivity index (χ3v) is 4.72. The molecule has 0 unspecified atom stereocenters. The van der Waals surface area contributed by atoms with E-state index in [2.05, 4.69) is 15.2 Å². The number of likely N-dealkylation sites (tertiary alicyclic amines) is 1. The summed E-state index contributed by atoms with van der Waals surface area (Å²) in [6.07, 6.45) is 1.14.